The van der Waals surface area contributed by atoms with Crippen LogP contribution in [0.4, 0.5) is 0 Å². The van der Waals surface area contributed by atoms with E-state index in [9.17, 15) is 4.79 Å². The number of hydrogen-bond donors (Lipinski definition) is 0. The normalized spacial score (nSPS) is 20.4. The molecule has 1 aromatic carbocycles. The third-order valence-electron chi connectivity index (χ3n) is 6.29. The molecule has 7 nitrogen and oxygen atoms in total. The number of benzene rings is 1. The maximum Gasteiger partial charge on any atom is 0.276 e. The predicted molar refractivity (Wildman–Crippen MR) is 111 cm³/mol. The van der Waals surface area contributed by atoms with Crippen LogP contribution in [0.3, 0.4) is 0 Å². The van der Waals surface area contributed by atoms with E-state index >= 15 is 0 Å². The molecule has 7 heteroatoms. The van der Waals surface area contributed by atoms with Gasteiger partial charge >= 0.3 is 0 Å². The molecule has 1 atom stereocenters. The fraction of sp³-hybridized carbons (Fsp3) is 0.455. The third-order valence-corrected chi connectivity index (χ3v) is 6.29. The first-order chi connectivity index (χ1) is 14.2. The summed E-state index contributed by atoms with van der Waals surface area (Å²) in [6, 6.07) is 10.3. The minimum atomic E-state index is -0.00370. The van der Waals surface area contributed by atoms with E-state index in [0.29, 0.717) is 11.7 Å². The van der Waals surface area contributed by atoms with Crippen LogP contribution in [0, 0.1) is 6.92 Å². The zero-order valence-corrected chi connectivity index (χ0v) is 16.8. The van der Waals surface area contributed by atoms with Crippen molar-refractivity contribution in [3.8, 4) is 5.69 Å². The first-order valence-corrected chi connectivity index (χ1v) is 10.5. The first kappa shape index (κ1) is 18.2. The number of rotatable bonds is 3. The maximum absolute atomic E-state index is 13.3. The predicted octanol–water partition coefficient (Wildman–Crippen LogP) is 2.82. The number of hydrogen-bond acceptors (Lipinski definition) is 5. The number of carbonyl (C=O) groups excluding carboxylic acids is 1. The number of carbonyl (C=O) groups is 1. The van der Waals surface area contributed by atoms with E-state index in [-0.39, 0.29) is 5.91 Å². The number of likely N-dealkylation sites (tertiary alicyclic amines) is 2. The van der Waals surface area contributed by atoms with Crippen molar-refractivity contribution < 1.29 is 4.79 Å². The fourth-order valence-corrected chi connectivity index (χ4v) is 4.72. The molecule has 0 saturated carbocycles. The second-order valence-electron chi connectivity index (χ2n) is 8.07. The Morgan fingerprint density at radius 3 is 2.79 bits per heavy atom. The summed E-state index contributed by atoms with van der Waals surface area (Å²) in [6.07, 6.45) is 6.56. The molecule has 2 fully saturated rings. The SMILES string of the molecule is Cc1c(C(=O)N2CCC[C@@H](N3CCCC3)C2)nnn1-c1cccc2ncccc12. The van der Waals surface area contributed by atoms with E-state index in [0.717, 1.165) is 54.9 Å². The summed E-state index contributed by atoms with van der Waals surface area (Å²) >= 11 is 0. The Bertz CT molecular complexity index is 1030. The number of pyridine rings is 1. The van der Waals surface area contributed by atoms with Crippen LogP contribution < -0.4 is 0 Å². The maximum atomic E-state index is 13.3. The van der Waals surface area contributed by atoms with Crippen LogP contribution in [0.2, 0.25) is 0 Å². The Labute approximate surface area is 170 Å². The molecular formula is C22H26N6O. The molecule has 0 spiro atoms. The highest BCUT2D eigenvalue weighted by molar-refractivity contribution is 5.94. The van der Waals surface area contributed by atoms with Crippen molar-refractivity contribution in [2.45, 2.75) is 38.6 Å². The quantitative estimate of drug-likeness (QED) is 0.688. The fourth-order valence-electron chi connectivity index (χ4n) is 4.72. The minimum absolute atomic E-state index is 0.00370. The molecule has 5 rings (SSSR count). The van der Waals surface area contributed by atoms with Gasteiger partial charge in [-0.15, -0.1) is 5.10 Å². The second kappa shape index (κ2) is 7.55. The lowest BCUT2D eigenvalue weighted by Crippen LogP contribution is -2.49. The summed E-state index contributed by atoms with van der Waals surface area (Å²) < 4.78 is 1.76. The largest absolute Gasteiger partial charge is 0.336 e. The van der Waals surface area contributed by atoms with E-state index in [1.807, 2.05) is 42.2 Å². The molecule has 29 heavy (non-hydrogen) atoms. The highest BCUT2D eigenvalue weighted by atomic mass is 16.2. The van der Waals surface area contributed by atoms with Crippen molar-refractivity contribution in [1.29, 1.82) is 0 Å². The second-order valence-corrected chi connectivity index (χ2v) is 8.07. The van der Waals surface area contributed by atoms with Gasteiger partial charge in [0.2, 0.25) is 0 Å². The van der Waals surface area contributed by atoms with E-state index in [2.05, 4.69) is 20.2 Å². The zero-order chi connectivity index (χ0) is 19.8. The summed E-state index contributed by atoms with van der Waals surface area (Å²) in [4.78, 5) is 22.2. The Kier molecular flexibility index (Phi) is 4.75. The first-order valence-electron chi connectivity index (χ1n) is 10.5. The van der Waals surface area contributed by atoms with Crippen LogP contribution in [0.25, 0.3) is 16.6 Å². The van der Waals surface area contributed by atoms with E-state index < -0.39 is 0 Å². The van der Waals surface area contributed by atoms with Crippen LogP contribution in [-0.2, 0) is 0 Å². The molecule has 3 aromatic rings. The minimum Gasteiger partial charge on any atom is -0.336 e. The number of fused-ring (bicyclic) bond motifs is 1. The Morgan fingerprint density at radius 2 is 1.93 bits per heavy atom. The highest BCUT2D eigenvalue weighted by Crippen LogP contribution is 2.24. The smallest absolute Gasteiger partial charge is 0.276 e. The van der Waals surface area contributed by atoms with Gasteiger partial charge in [-0.3, -0.25) is 14.7 Å². The Hall–Kier alpha value is -2.80. The van der Waals surface area contributed by atoms with Gasteiger partial charge in [-0.2, -0.15) is 0 Å². The van der Waals surface area contributed by atoms with Gasteiger partial charge in [-0.25, -0.2) is 4.68 Å². The summed E-state index contributed by atoms with van der Waals surface area (Å²) in [5.41, 5.74) is 3.02. The molecule has 0 radical (unpaired) electrons. The molecule has 2 saturated heterocycles. The number of piperidine rings is 1. The van der Waals surface area contributed by atoms with Gasteiger partial charge in [0.25, 0.3) is 5.91 Å². The van der Waals surface area contributed by atoms with Gasteiger partial charge in [-0.1, -0.05) is 11.3 Å². The summed E-state index contributed by atoms with van der Waals surface area (Å²) in [5.74, 6) is -0.00370. The van der Waals surface area contributed by atoms with Gasteiger partial charge in [0.15, 0.2) is 5.69 Å². The summed E-state index contributed by atoms with van der Waals surface area (Å²) in [7, 11) is 0. The van der Waals surface area contributed by atoms with E-state index in [4.69, 9.17) is 0 Å². The zero-order valence-electron chi connectivity index (χ0n) is 16.8. The number of nitrogens with zero attached hydrogens (tertiary/aromatic N) is 6. The summed E-state index contributed by atoms with van der Waals surface area (Å²) in [6.45, 7) is 5.84. The Balaban J connectivity index is 1.42. The standard InChI is InChI=1S/C22H26N6O/c1-16-21(22(29)27-14-6-7-17(15-27)26-12-2-3-13-26)24-25-28(16)20-10-4-9-19-18(20)8-5-11-23-19/h4-5,8-11,17H,2-3,6-7,12-15H2,1H3/t17-/m1/s1. The molecule has 2 aliphatic rings. The van der Waals surface area contributed by atoms with Crippen molar-refractivity contribution >= 4 is 16.8 Å². The van der Waals surface area contributed by atoms with Crippen LogP contribution in [0.15, 0.2) is 36.5 Å². The molecule has 2 aromatic heterocycles. The molecule has 150 valence electrons. The molecule has 4 heterocycles. The van der Waals surface area contributed by atoms with Crippen LogP contribution in [0.1, 0.15) is 41.9 Å². The van der Waals surface area contributed by atoms with Gasteiger partial charge < -0.3 is 4.90 Å². The van der Waals surface area contributed by atoms with Crippen molar-refractivity contribution in [3.63, 3.8) is 0 Å². The average molecular weight is 390 g/mol. The Morgan fingerprint density at radius 1 is 1.07 bits per heavy atom. The average Bonchev–Trinajstić information content (AvgIpc) is 3.43. The molecule has 0 aliphatic carbocycles. The van der Waals surface area contributed by atoms with Crippen molar-refractivity contribution in [2.75, 3.05) is 26.2 Å². The van der Waals surface area contributed by atoms with Gasteiger partial charge in [-0.05, 0) is 70.0 Å². The monoisotopic (exact) mass is 390 g/mol. The van der Waals surface area contributed by atoms with E-state index in [1.54, 1.807) is 10.9 Å². The lowest BCUT2D eigenvalue weighted by molar-refractivity contribution is 0.0601. The van der Waals surface area contributed by atoms with E-state index in [1.165, 1.54) is 19.3 Å². The highest BCUT2D eigenvalue weighted by Gasteiger charge is 2.31. The van der Waals surface area contributed by atoms with Crippen molar-refractivity contribution in [2.24, 2.45) is 0 Å². The van der Waals surface area contributed by atoms with Crippen LogP contribution in [-0.4, -0.2) is 67.9 Å². The molecular weight excluding hydrogens is 364 g/mol. The van der Waals surface area contributed by atoms with Crippen molar-refractivity contribution in [1.82, 2.24) is 29.8 Å². The topological polar surface area (TPSA) is 67.2 Å². The van der Waals surface area contributed by atoms with Gasteiger partial charge in [0, 0.05) is 30.7 Å². The van der Waals surface area contributed by atoms with Gasteiger partial charge in [0.05, 0.1) is 16.9 Å². The lowest BCUT2D eigenvalue weighted by atomic mass is 10.0. The molecule has 2 aliphatic heterocycles. The number of amides is 1. The third kappa shape index (κ3) is 3.29. The van der Waals surface area contributed by atoms with Crippen LogP contribution in [0.5, 0.6) is 0 Å². The molecule has 0 bridgehead atoms. The van der Waals surface area contributed by atoms with Gasteiger partial charge in [0.1, 0.15) is 0 Å². The molecule has 0 N–H and O–H groups in total. The lowest BCUT2D eigenvalue weighted by Gasteiger charge is -2.37. The molecule has 1 amide bonds. The summed E-state index contributed by atoms with van der Waals surface area (Å²) in [5, 5.41) is 9.61. The number of aromatic nitrogens is 4. The van der Waals surface area contributed by atoms with Crippen LogP contribution >= 0.6 is 0 Å². The van der Waals surface area contributed by atoms with Crippen molar-refractivity contribution in [3.05, 3.63) is 47.9 Å². The molecule has 0 unspecified atom stereocenters.